The molecule has 150 valence electrons. The molecule has 0 bridgehead atoms. The maximum Gasteiger partial charge on any atom is 0.329 e. The number of unbranched alkanes of at least 4 members (excludes halogenated alkanes) is 5. The van der Waals surface area contributed by atoms with Gasteiger partial charge in [0.25, 0.3) is 0 Å². The molecule has 27 heavy (non-hydrogen) atoms. The standard InChI is InChI=1S/C21H32N2O4/c1-5-6-7-8-9-10-13-26-23-18-14-16(22)11-12-17(18)19(25-4)20(21(23)24)27-15(2)3/h11-12,14-15H,5-10,13,22H2,1-4H3. The lowest BCUT2D eigenvalue weighted by molar-refractivity contribution is 0.103. The Hall–Kier alpha value is -2.37. The van der Waals surface area contributed by atoms with Crippen LogP contribution in [0.1, 0.15) is 59.3 Å². The third kappa shape index (κ3) is 5.31. The van der Waals surface area contributed by atoms with Gasteiger partial charge in [0.05, 0.1) is 18.7 Å². The monoisotopic (exact) mass is 376 g/mol. The van der Waals surface area contributed by atoms with E-state index in [2.05, 4.69) is 6.92 Å². The normalized spacial score (nSPS) is 11.1. The fourth-order valence-corrected chi connectivity index (χ4v) is 3.04. The number of rotatable bonds is 11. The topological polar surface area (TPSA) is 75.7 Å². The van der Waals surface area contributed by atoms with E-state index in [1.54, 1.807) is 12.1 Å². The number of nitrogens with zero attached hydrogens (tertiary/aromatic N) is 1. The summed E-state index contributed by atoms with van der Waals surface area (Å²) in [7, 11) is 1.53. The van der Waals surface area contributed by atoms with Crippen molar-refractivity contribution >= 4 is 16.6 Å². The predicted molar refractivity (Wildman–Crippen MR) is 110 cm³/mol. The maximum atomic E-state index is 13.0. The summed E-state index contributed by atoms with van der Waals surface area (Å²) in [5.74, 6) is 0.566. The first-order chi connectivity index (χ1) is 13.0. The van der Waals surface area contributed by atoms with E-state index in [4.69, 9.17) is 20.0 Å². The molecule has 0 fully saturated rings. The highest BCUT2D eigenvalue weighted by Crippen LogP contribution is 2.33. The molecular weight excluding hydrogens is 344 g/mol. The van der Waals surface area contributed by atoms with Crippen LogP contribution in [0, 0.1) is 0 Å². The number of aromatic nitrogens is 1. The molecule has 2 N–H and O–H groups in total. The van der Waals surface area contributed by atoms with E-state index in [1.165, 1.54) is 37.5 Å². The third-order valence-corrected chi connectivity index (χ3v) is 4.35. The molecule has 1 aromatic carbocycles. The van der Waals surface area contributed by atoms with Crippen LogP contribution in [0.5, 0.6) is 11.5 Å². The lowest BCUT2D eigenvalue weighted by atomic mass is 10.1. The summed E-state index contributed by atoms with van der Waals surface area (Å²) in [6.45, 7) is 6.40. The molecule has 0 spiro atoms. The number of methoxy groups -OCH3 is 1. The highest BCUT2D eigenvalue weighted by Gasteiger charge is 2.21. The highest BCUT2D eigenvalue weighted by molar-refractivity contribution is 5.89. The van der Waals surface area contributed by atoms with Crippen LogP contribution in [-0.4, -0.2) is 24.6 Å². The van der Waals surface area contributed by atoms with Crippen molar-refractivity contribution in [3.63, 3.8) is 0 Å². The van der Waals surface area contributed by atoms with Crippen molar-refractivity contribution in [2.75, 3.05) is 19.5 Å². The molecule has 1 aromatic heterocycles. The van der Waals surface area contributed by atoms with Crippen LogP contribution in [-0.2, 0) is 0 Å². The zero-order valence-corrected chi connectivity index (χ0v) is 16.9. The van der Waals surface area contributed by atoms with E-state index >= 15 is 0 Å². The third-order valence-electron chi connectivity index (χ3n) is 4.35. The Labute approximate surface area is 161 Å². The molecular formula is C21H32N2O4. The quantitative estimate of drug-likeness (QED) is 0.470. The molecule has 0 saturated carbocycles. The highest BCUT2D eigenvalue weighted by atomic mass is 16.7. The van der Waals surface area contributed by atoms with E-state index in [9.17, 15) is 4.79 Å². The summed E-state index contributed by atoms with van der Waals surface area (Å²) in [5.41, 5.74) is 6.70. The molecule has 0 aliphatic heterocycles. The average Bonchev–Trinajstić information content (AvgIpc) is 2.63. The van der Waals surface area contributed by atoms with Gasteiger partial charge in [-0.15, -0.1) is 4.73 Å². The molecule has 0 radical (unpaired) electrons. The maximum absolute atomic E-state index is 13.0. The minimum atomic E-state index is -0.371. The molecule has 0 atom stereocenters. The van der Waals surface area contributed by atoms with Crippen LogP contribution in [0.25, 0.3) is 10.9 Å². The molecule has 2 rings (SSSR count). The van der Waals surface area contributed by atoms with E-state index < -0.39 is 0 Å². The fourth-order valence-electron chi connectivity index (χ4n) is 3.04. The van der Waals surface area contributed by atoms with Crippen LogP contribution < -0.4 is 25.6 Å². The van der Waals surface area contributed by atoms with Gasteiger partial charge >= 0.3 is 5.56 Å². The van der Waals surface area contributed by atoms with Gasteiger partial charge in [0.15, 0.2) is 5.75 Å². The van der Waals surface area contributed by atoms with E-state index in [-0.39, 0.29) is 17.4 Å². The van der Waals surface area contributed by atoms with Gasteiger partial charge in [0, 0.05) is 11.1 Å². The van der Waals surface area contributed by atoms with Crippen molar-refractivity contribution in [2.45, 2.75) is 65.4 Å². The number of anilines is 1. The number of ether oxygens (including phenoxy) is 2. The minimum Gasteiger partial charge on any atom is -0.492 e. The first-order valence-corrected chi connectivity index (χ1v) is 9.81. The second kappa shape index (κ2) is 10.1. The van der Waals surface area contributed by atoms with E-state index in [0.29, 0.717) is 23.6 Å². The second-order valence-corrected chi connectivity index (χ2v) is 7.01. The Morgan fingerprint density at radius 2 is 1.78 bits per heavy atom. The molecule has 0 amide bonds. The summed E-state index contributed by atoms with van der Waals surface area (Å²) in [5, 5.41) is 0.727. The van der Waals surface area contributed by atoms with Crippen LogP contribution in [0.3, 0.4) is 0 Å². The van der Waals surface area contributed by atoms with Gasteiger partial charge in [-0.1, -0.05) is 32.6 Å². The van der Waals surface area contributed by atoms with Crippen molar-refractivity contribution < 1.29 is 14.3 Å². The molecule has 0 saturated heterocycles. The Morgan fingerprint density at radius 3 is 2.44 bits per heavy atom. The van der Waals surface area contributed by atoms with Gasteiger partial charge in [0.2, 0.25) is 5.75 Å². The lowest BCUT2D eigenvalue weighted by Crippen LogP contribution is -2.30. The summed E-state index contributed by atoms with van der Waals surface area (Å²) in [4.78, 5) is 18.9. The summed E-state index contributed by atoms with van der Waals surface area (Å²) in [6, 6.07) is 5.31. The molecule has 0 aliphatic rings. The lowest BCUT2D eigenvalue weighted by Gasteiger charge is -2.19. The Morgan fingerprint density at radius 1 is 1.07 bits per heavy atom. The largest absolute Gasteiger partial charge is 0.492 e. The average molecular weight is 376 g/mol. The van der Waals surface area contributed by atoms with E-state index in [1.807, 2.05) is 19.9 Å². The molecule has 0 aliphatic carbocycles. The Bertz CT molecular complexity index is 799. The Balaban J connectivity index is 2.31. The fraction of sp³-hybridized carbons (Fsp3) is 0.571. The van der Waals surface area contributed by atoms with Crippen LogP contribution in [0.2, 0.25) is 0 Å². The number of benzene rings is 1. The number of nitrogen functional groups attached to an aromatic ring is 1. The SMILES string of the molecule is CCCCCCCCOn1c(=O)c(OC(C)C)c(OC)c2ccc(N)cc21. The number of nitrogens with two attached hydrogens (primary N) is 1. The summed E-state index contributed by atoms with van der Waals surface area (Å²) >= 11 is 0. The van der Waals surface area contributed by atoms with Gasteiger partial charge < -0.3 is 20.0 Å². The predicted octanol–water partition coefficient (Wildman–Crippen LogP) is 4.17. The molecule has 1 heterocycles. The molecule has 0 unspecified atom stereocenters. The molecule has 6 nitrogen and oxygen atoms in total. The number of hydrogen-bond acceptors (Lipinski definition) is 5. The van der Waals surface area contributed by atoms with E-state index in [0.717, 1.165) is 18.2 Å². The number of fused-ring (bicyclic) bond motifs is 1. The first kappa shape index (κ1) is 20.9. The van der Waals surface area contributed by atoms with Crippen molar-refractivity contribution in [2.24, 2.45) is 0 Å². The summed E-state index contributed by atoms with van der Waals surface area (Å²) in [6.07, 6.45) is 6.73. The Kier molecular flexibility index (Phi) is 7.82. The summed E-state index contributed by atoms with van der Waals surface area (Å²) < 4.78 is 12.5. The second-order valence-electron chi connectivity index (χ2n) is 7.01. The van der Waals surface area contributed by atoms with Gasteiger partial charge in [-0.3, -0.25) is 4.79 Å². The van der Waals surface area contributed by atoms with Crippen molar-refractivity contribution in [3.8, 4) is 11.5 Å². The smallest absolute Gasteiger partial charge is 0.329 e. The molecule has 6 heteroatoms. The van der Waals surface area contributed by atoms with Crippen LogP contribution in [0.4, 0.5) is 5.69 Å². The van der Waals surface area contributed by atoms with Crippen LogP contribution >= 0.6 is 0 Å². The minimum absolute atomic E-state index is 0.160. The van der Waals surface area contributed by atoms with Crippen molar-refractivity contribution in [3.05, 3.63) is 28.6 Å². The number of hydrogen-bond donors (Lipinski definition) is 1. The van der Waals surface area contributed by atoms with Gasteiger partial charge in [-0.05, 0) is 44.9 Å². The van der Waals surface area contributed by atoms with Gasteiger partial charge in [-0.25, -0.2) is 0 Å². The zero-order chi connectivity index (χ0) is 19.8. The first-order valence-electron chi connectivity index (χ1n) is 9.81. The molecule has 2 aromatic rings. The van der Waals surface area contributed by atoms with Crippen molar-refractivity contribution in [1.82, 2.24) is 4.73 Å². The number of pyridine rings is 1. The van der Waals surface area contributed by atoms with Gasteiger partial charge in [0.1, 0.15) is 6.61 Å². The van der Waals surface area contributed by atoms with Gasteiger partial charge in [-0.2, -0.15) is 0 Å². The van der Waals surface area contributed by atoms with Crippen LogP contribution in [0.15, 0.2) is 23.0 Å². The zero-order valence-electron chi connectivity index (χ0n) is 16.9. The van der Waals surface area contributed by atoms with Crippen molar-refractivity contribution in [1.29, 1.82) is 0 Å².